The highest BCUT2D eigenvalue weighted by atomic mass is 35.5. The Labute approximate surface area is 218 Å². The van der Waals surface area contributed by atoms with Crippen LogP contribution < -0.4 is 15.2 Å². The van der Waals surface area contributed by atoms with Crippen molar-refractivity contribution in [2.75, 3.05) is 16.2 Å². The van der Waals surface area contributed by atoms with E-state index in [1.54, 1.807) is 61.1 Å². The maximum absolute atomic E-state index is 13.7. The molecule has 186 valence electrons. The smallest absolute Gasteiger partial charge is 0.296 e. The zero-order valence-electron chi connectivity index (χ0n) is 19.4. The molecule has 0 atom stereocenters. The summed E-state index contributed by atoms with van der Waals surface area (Å²) in [6, 6.07) is 20.9. The number of para-hydroxylation sites is 1. The molecule has 8 nitrogen and oxygen atoms in total. The minimum Gasteiger partial charge on any atom is -0.324 e. The van der Waals surface area contributed by atoms with E-state index in [2.05, 4.69) is 5.32 Å². The number of carbonyl (C=O) groups excluding carboxylic acids is 1. The van der Waals surface area contributed by atoms with Gasteiger partial charge in [0.1, 0.15) is 12.2 Å². The summed E-state index contributed by atoms with van der Waals surface area (Å²) in [5.74, 6) is -0.679. The summed E-state index contributed by atoms with van der Waals surface area (Å²) in [7, 11) is -2.65. The van der Waals surface area contributed by atoms with Gasteiger partial charge in [-0.2, -0.15) is 0 Å². The summed E-state index contributed by atoms with van der Waals surface area (Å²) in [6.45, 7) is 0.967. The Morgan fingerprint density at radius 1 is 0.944 bits per heavy atom. The molecule has 0 aliphatic carbocycles. The predicted octanol–water partition coefficient (Wildman–Crippen LogP) is 4.63. The SMILES string of the molecule is Cc1c(N(CC(=O)Nc2cc(Cl)cc(Cl)c2)S(=O)(=O)c2ccccc2)c(=O)n(-c2ccccc2)n1C. The van der Waals surface area contributed by atoms with E-state index in [4.69, 9.17) is 23.2 Å². The van der Waals surface area contributed by atoms with Gasteiger partial charge in [-0.15, -0.1) is 0 Å². The molecule has 0 spiro atoms. The molecular formula is C25H22Cl2N4O4S. The van der Waals surface area contributed by atoms with Crippen molar-refractivity contribution in [3.8, 4) is 5.69 Å². The van der Waals surface area contributed by atoms with Gasteiger partial charge < -0.3 is 5.32 Å². The van der Waals surface area contributed by atoms with Gasteiger partial charge >= 0.3 is 0 Å². The third kappa shape index (κ3) is 5.04. The van der Waals surface area contributed by atoms with Crippen molar-refractivity contribution < 1.29 is 13.2 Å². The van der Waals surface area contributed by atoms with Gasteiger partial charge in [-0.3, -0.25) is 14.3 Å². The van der Waals surface area contributed by atoms with Crippen LogP contribution in [0.4, 0.5) is 11.4 Å². The number of benzene rings is 3. The number of anilines is 2. The Hall–Kier alpha value is -3.53. The second kappa shape index (κ2) is 10.2. The lowest BCUT2D eigenvalue weighted by Crippen LogP contribution is -2.41. The number of halogens is 2. The van der Waals surface area contributed by atoms with Crippen molar-refractivity contribution in [2.45, 2.75) is 11.8 Å². The number of rotatable bonds is 7. The summed E-state index contributed by atoms with van der Waals surface area (Å²) in [5.41, 5.74) is 0.487. The molecule has 36 heavy (non-hydrogen) atoms. The highest BCUT2D eigenvalue weighted by molar-refractivity contribution is 7.92. The van der Waals surface area contributed by atoms with Crippen LogP contribution in [-0.4, -0.2) is 30.2 Å². The number of hydrogen-bond acceptors (Lipinski definition) is 4. The number of sulfonamides is 1. The van der Waals surface area contributed by atoms with Crippen molar-refractivity contribution >= 4 is 50.5 Å². The van der Waals surface area contributed by atoms with Crippen LogP contribution in [-0.2, 0) is 21.9 Å². The second-order valence-electron chi connectivity index (χ2n) is 7.94. The number of amides is 1. The van der Waals surface area contributed by atoms with E-state index < -0.39 is 28.0 Å². The van der Waals surface area contributed by atoms with Gasteiger partial charge in [0.15, 0.2) is 0 Å². The van der Waals surface area contributed by atoms with Crippen LogP contribution in [0.5, 0.6) is 0 Å². The zero-order chi connectivity index (χ0) is 26.0. The first-order valence-electron chi connectivity index (χ1n) is 10.8. The lowest BCUT2D eigenvalue weighted by atomic mass is 10.3. The topological polar surface area (TPSA) is 93.4 Å². The van der Waals surface area contributed by atoms with Gasteiger partial charge in [-0.1, -0.05) is 59.6 Å². The zero-order valence-corrected chi connectivity index (χ0v) is 21.7. The van der Waals surface area contributed by atoms with Crippen LogP contribution in [0, 0.1) is 6.92 Å². The first-order valence-corrected chi connectivity index (χ1v) is 13.0. The Morgan fingerprint density at radius 2 is 1.50 bits per heavy atom. The molecule has 0 saturated heterocycles. The van der Waals surface area contributed by atoms with E-state index in [1.807, 2.05) is 6.07 Å². The van der Waals surface area contributed by atoms with Crippen LogP contribution in [0.2, 0.25) is 10.0 Å². The minimum atomic E-state index is -4.29. The van der Waals surface area contributed by atoms with E-state index in [0.29, 0.717) is 27.1 Å². The molecule has 1 N–H and O–H groups in total. The Bertz CT molecular complexity index is 1560. The van der Waals surface area contributed by atoms with E-state index in [9.17, 15) is 18.0 Å². The Kier molecular flexibility index (Phi) is 7.26. The van der Waals surface area contributed by atoms with E-state index in [0.717, 1.165) is 4.31 Å². The van der Waals surface area contributed by atoms with Gasteiger partial charge in [0.25, 0.3) is 15.6 Å². The van der Waals surface area contributed by atoms with Gasteiger partial charge in [-0.05, 0) is 49.4 Å². The van der Waals surface area contributed by atoms with Crippen molar-refractivity contribution in [2.24, 2.45) is 7.05 Å². The number of aromatic nitrogens is 2. The van der Waals surface area contributed by atoms with E-state index >= 15 is 0 Å². The van der Waals surface area contributed by atoms with Gasteiger partial charge in [0, 0.05) is 22.8 Å². The maximum Gasteiger partial charge on any atom is 0.296 e. The molecule has 0 bridgehead atoms. The number of hydrogen-bond donors (Lipinski definition) is 1. The molecule has 0 aliphatic rings. The van der Waals surface area contributed by atoms with Crippen LogP contribution in [0.1, 0.15) is 5.69 Å². The van der Waals surface area contributed by atoms with Crippen LogP contribution >= 0.6 is 23.2 Å². The van der Waals surface area contributed by atoms with Crippen LogP contribution in [0.3, 0.4) is 0 Å². The lowest BCUT2D eigenvalue weighted by Gasteiger charge is -2.23. The number of nitrogens with zero attached hydrogens (tertiary/aromatic N) is 3. The molecule has 0 radical (unpaired) electrons. The summed E-state index contributed by atoms with van der Waals surface area (Å²) in [5, 5.41) is 3.21. The standard InChI is InChI=1S/C25H22Cl2N4O4S/c1-17-24(25(33)31(29(17)2)21-9-5-3-6-10-21)30(36(34,35)22-11-7-4-8-12-22)16-23(32)28-20-14-18(26)13-19(27)15-20/h3-15H,16H2,1-2H3,(H,28,32). The van der Waals surface area contributed by atoms with E-state index in [-0.39, 0.29) is 10.6 Å². The fourth-order valence-corrected chi connectivity index (χ4v) is 5.82. The minimum absolute atomic E-state index is 0.0579. The van der Waals surface area contributed by atoms with Crippen molar-refractivity contribution in [1.29, 1.82) is 0 Å². The average Bonchev–Trinajstić information content (AvgIpc) is 3.05. The maximum atomic E-state index is 13.7. The molecule has 1 heterocycles. The first-order chi connectivity index (χ1) is 17.1. The van der Waals surface area contributed by atoms with Crippen molar-refractivity contribution in [1.82, 2.24) is 9.36 Å². The third-order valence-corrected chi connectivity index (χ3v) is 7.73. The first kappa shape index (κ1) is 25.6. The summed E-state index contributed by atoms with van der Waals surface area (Å²) >= 11 is 12.0. The second-order valence-corrected chi connectivity index (χ2v) is 10.7. The molecule has 0 saturated carbocycles. The quantitative estimate of drug-likeness (QED) is 0.367. The van der Waals surface area contributed by atoms with Gasteiger partial charge in [0.05, 0.1) is 16.3 Å². The number of nitrogens with one attached hydrogen (secondary N) is 1. The Balaban J connectivity index is 1.83. The van der Waals surface area contributed by atoms with Crippen molar-refractivity contribution in [3.63, 3.8) is 0 Å². The molecule has 3 aromatic carbocycles. The van der Waals surface area contributed by atoms with Gasteiger partial charge in [0.2, 0.25) is 5.91 Å². The molecule has 4 aromatic rings. The largest absolute Gasteiger partial charge is 0.324 e. The average molecular weight is 545 g/mol. The summed E-state index contributed by atoms with van der Waals surface area (Å²) in [6.07, 6.45) is 0. The molecule has 0 fully saturated rings. The normalized spacial score (nSPS) is 11.3. The third-order valence-electron chi connectivity index (χ3n) is 5.54. The molecule has 0 unspecified atom stereocenters. The van der Waals surface area contributed by atoms with Crippen LogP contribution in [0.25, 0.3) is 5.69 Å². The fourth-order valence-electron chi connectivity index (χ4n) is 3.80. The highest BCUT2D eigenvalue weighted by Gasteiger charge is 2.33. The molecule has 4 rings (SSSR count). The monoisotopic (exact) mass is 544 g/mol. The predicted molar refractivity (Wildman–Crippen MR) is 142 cm³/mol. The highest BCUT2D eigenvalue weighted by Crippen LogP contribution is 2.26. The van der Waals surface area contributed by atoms with Gasteiger partial charge in [-0.25, -0.2) is 17.4 Å². The molecule has 0 aliphatic heterocycles. The molecule has 1 amide bonds. The summed E-state index contributed by atoms with van der Waals surface area (Å²) < 4.78 is 31.2. The molecule has 1 aromatic heterocycles. The van der Waals surface area contributed by atoms with E-state index in [1.165, 1.54) is 35.0 Å². The molecular weight excluding hydrogens is 523 g/mol. The fraction of sp³-hybridized carbons (Fsp3) is 0.120. The van der Waals surface area contributed by atoms with Crippen LogP contribution in [0.15, 0.2) is 88.6 Å². The molecule has 11 heteroatoms. The number of carbonyl (C=O) groups is 1. The Morgan fingerprint density at radius 3 is 2.08 bits per heavy atom. The lowest BCUT2D eigenvalue weighted by molar-refractivity contribution is -0.114. The van der Waals surface area contributed by atoms with Crippen molar-refractivity contribution in [3.05, 3.63) is 105 Å². The summed E-state index contributed by atoms with van der Waals surface area (Å²) in [4.78, 5) is 26.6.